The summed E-state index contributed by atoms with van der Waals surface area (Å²) in [6, 6.07) is 16.9. The molecule has 1 fully saturated rings. The van der Waals surface area contributed by atoms with Crippen LogP contribution in [0.1, 0.15) is 27.9 Å². The van der Waals surface area contributed by atoms with Gasteiger partial charge in [-0.3, -0.25) is 9.69 Å². The molecule has 3 nitrogen and oxygen atoms in total. The van der Waals surface area contributed by atoms with E-state index < -0.39 is 0 Å². The third kappa shape index (κ3) is 3.13. The van der Waals surface area contributed by atoms with Crippen LogP contribution >= 0.6 is 15.9 Å². The molecule has 2 aliphatic heterocycles. The molecule has 4 heteroatoms. The molecule has 1 saturated heterocycles. The monoisotopic (exact) mass is 384 g/mol. The van der Waals surface area contributed by atoms with Crippen molar-refractivity contribution in [1.82, 2.24) is 9.80 Å². The van der Waals surface area contributed by atoms with Gasteiger partial charge in [0.15, 0.2) is 0 Å². The number of rotatable bonds is 2. The maximum absolute atomic E-state index is 12.7. The number of halogens is 1. The zero-order chi connectivity index (χ0) is 16.5. The van der Waals surface area contributed by atoms with Gasteiger partial charge in [0, 0.05) is 42.3 Å². The van der Waals surface area contributed by atoms with E-state index >= 15 is 0 Å². The minimum Gasteiger partial charge on any atom is -0.337 e. The molecule has 4 rings (SSSR count). The third-order valence-electron chi connectivity index (χ3n) is 5.22. The Morgan fingerprint density at radius 3 is 2.54 bits per heavy atom. The summed E-state index contributed by atoms with van der Waals surface area (Å²) in [6.45, 7) is 3.82. The van der Waals surface area contributed by atoms with E-state index in [1.165, 1.54) is 11.1 Å². The number of hydrogen-bond donors (Lipinski definition) is 0. The predicted molar refractivity (Wildman–Crippen MR) is 99.0 cm³/mol. The van der Waals surface area contributed by atoms with Crippen LogP contribution < -0.4 is 0 Å². The van der Waals surface area contributed by atoms with Gasteiger partial charge in [-0.15, -0.1) is 0 Å². The predicted octanol–water partition coefficient (Wildman–Crippen LogP) is 3.72. The average Bonchev–Trinajstić information content (AvgIpc) is 3.11. The Morgan fingerprint density at radius 2 is 1.75 bits per heavy atom. The fourth-order valence-corrected chi connectivity index (χ4v) is 4.09. The van der Waals surface area contributed by atoms with Crippen LogP contribution in [0, 0.1) is 0 Å². The summed E-state index contributed by atoms with van der Waals surface area (Å²) in [5.74, 6) is 0.155. The van der Waals surface area contributed by atoms with Gasteiger partial charge in [-0.25, -0.2) is 0 Å². The van der Waals surface area contributed by atoms with E-state index in [0.29, 0.717) is 6.04 Å². The number of benzene rings is 2. The van der Waals surface area contributed by atoms with Gasteiger partial charge in [-0.1, -0.05) is 40.2 Å². The van der Waals surface area contributed by atoms with E-state index in [4.69, 9.17) is 0 Å². The Hall–Kier alpha value is -1.65. The molecular formula is C20H21BrN2O. The molecule has 1 unspecified atom stereocenters. The number of likely N-dealkylation sites (tertiary alicyclic amines) is 1. The van der Waals surface area contributed by atoms with Crippen molar-refractivity contribution < 1.29 is 4.79 Å². The zero-order valence-electron chi connectivity index (χ0n) is 13.6. The Balaban J connectivity index is 1.42. The van der Waals surface area contributed by atoms with Crippen molar-refractivity contribution in [3.05, 3.63) is 69.7 Å². The van der Waals surface area contributed by atoms with Crippen molar-refractivity contribution in [2.24, 2.45) is 0 Å². The molecule has 0 radical (unpaired) electrons. The summed E-state index contributed by atoms with van der Waals surface area (Å²) in [7, 11) is 0. The zero-order valence-corrected chi connectivity index (χ0v) is 15.2. The Bertz CT molecular complexity index is 744. The van der Waals surface area contributed by atoms with Crippen LogP contribution in [0.3, 0.4) is 0 Å². The van der Waals surface area contributed by atoms with E-state index in [0.717, 1.165) is 49.1 Å². The standard InChI is InChI=1S/C20H21BrN2O/c21-18-7-5-16(6-8-18)20(24)23-12-10-19(14-23)22-11-9-15-3-1-2-4-17(15)13-22/h1-8,19H,9-14H2. The minimum atomic E-state index is 0.155. The van der Waals surface area contributed by atoms with Crippen molar-refractivity contribution in [2.45, 2.75) is 25.4 Å². The summed E-state index contributed by atoms with van der Waals surface area (Å²) in [4.78, 5) is 17.2. The molecule has 2 heterocycles. The third-order valence-corrected chi connectivity index (χ3v) is 5.75. The second kappa shape index (κ2) is 6.69. The molecule has 1 amide bonds. The highest BCUT2D eigenvalue weighted by atomic mass is 79.9. The first-order valence-electron chi connectivity index (χ1n) is 8.56. The highest BCUT2D eigenvalue weighted by Gasteiger charge is 2.32. The molecule has 0 aliphatic carbocycles. The smallest absolute Gasteiger partial charge is 0.253 e. The quantitative estimate of drug-likeness (QED) is 0.787. The normalized spacial score (nSPS) is 20.9. The van der Waals surface area contributed by atoms with E-state index in [-0.39, 0.29) is 5.91 Å². The van der Waals surface area contributed by atoms with Gasteiger partial charge >= 0.3 is 0 Å². The molecule has 2 aromatic rings. The van der Waals surface area contributed by atoms with Crippen LogP contribution in [0.5, 0.6) is 0 Å². The second-order valence-corrected chi connectivity index (χ2v) is 7.61. The van der Waals surface area contributed by atoms with E-state index in [1.807, 2.05) is 29.2 Å². The van der Waals surface area contributed by atoms with Crippen molar-refractivity contribution in [1.29, 1.82) is 0 Å². The lowest BCUT2D eigenvalue weighted by Gasteiger charge is -2.33. The van der Waals surface area contributed by atoms with Crippen LogP contribution in [0.15, 0.2) is 53.0 Å². The van der Waals surface area contributed by atoms with Crippen LogP contribution in [-0.4, -0.2) is 41.4 Å². The molecular weight excluding hydrogens is 364 g/mol. The van der Waals surface area contributed by atoms with Gasteiger partial charge in [0.05, 0.1) is 0 Å². The van der Waals surface area contributed by atoms with Crippen molar-refractivity contribution in [3.8, 4) is 0 Å². The lowest BCUT2D eigenvalue weighted by atomic mass is 9.98. The van der Waals surface area contributed by atoms with E-state index in [2.05, 4.69) is 45.1 Å². The van der Waals surface area contributed by atoms with Crippen LogP contribution in [0.2, 0.25) is 0 Å². The van der Waals surface area contributed by atoms with Crippen LogP contribution in [0.4, 0.5) is 0 Å². The first-order chi connectivity index (χ1) is 11.7. The largest absolute Gasteiger partial charge is 0.337 e. The van der Waals surface area contributed by atoms with Crippen molar-refractivity contribution in [3.63, 3.8) is 0 Å². The van der Waals surface area contributed by atoms with Crippen molar-refractivity contribution >= 4 is 21.8 Å². The lowest BCUT2D eigenvalue weighted by Crippen LogP contribution is -2.41. The Labute approximate surface area is 151 Å². The van der Waals surface area contributed by atoms with Crippen LogP contribution in [0.25, 0.3) is 0 Å². The van der Waals surface area contributed by atoms with Gasteiger partial charge in [-0.2, -0.15) is 0 Å². The minimum absolute atomic E-state index is 0.155. The first kappa shape index (κ1) is 15.9. The van der Waals surface area contributed by atoms with Crippen molar-refractivity contribution in [2.75, 3.05) is 19.6 Å². The summed E-state index contributed by atoms with van der Waals surface area (Å²) < 4.78 is 1.00. The summed E-state index contributed by atoms with van der Waals surface area (Å²) in [6.07, 6.45) is 2.19. The van der Waals surface area contributed by atoms with E-state index in [1.54, 1.807) is 0 Å². The number of amides is 1. The topological polar surface area (TPSA) is 23.6 Å². The number of hydrogen-bond acceptors (Lipinski definition) is 2. The molecule has 0 N–H and O–H groups in total. The van der Waals surface area contributed by atoms with Crippen LogP contribution in [-0.2, 0) is 13.0 Å². The van der Waals surface area contributed by atoms with Gasteiger partial charge < -0.3 is 4.90 Å². The summed E-state index contributed by atoms with van der Waals surface area (Å²) in [5, 5.41) is 0. The molecule has 2 aliphatic rings. The van der Waals surface area contributed by atoms with E-state index in [9.17, 15) is 4.79 Å². The first-order valence-corrected chi connectivity index (χ1v) is 9.36. The summed E-state index contributed by atoms with van der Waals surface area (Å²) >= 11 is 3.42. The summed E-state index contributed by atoms with van der Waals surface area (Å²) in [5.41, 5.74) is 3.71. The average molecular weight is 385 g/mol. The van der Waals surface area contributed by atoms with Gasteiger partial charge in [0.2, 0.25) is 0 Å². The fourth-order valence-electron chi connectivity index (χ4n) is 3.83. The Morgan fingerprint density at radius 1 is 1.00 bits per heavy atom. The molecule has 0 bridgehead atoms. The number of carbonyl (C=O) groups is 1. The van der Waals surface area contributed by atoms with Gasteiger partial charge in [0.25, 0.3) is 5.91 Å². The molecule has 2 aromatic carbocycles. The molecule has 1 atom stereocenters. The highest BCUT2D eigenvalue weighted by molar-refractivity contribution is 9.10. The maximum Gasteiger partial charge on any atom is 0.253 e. The molecule has 0 aromatic heterocycles. The maximum atomic E-state index is 12.7. The highest BCUT2D eigenvalue weighted by Crippen LogP contribution is 2.25. The lowest BCUT2D eigenvalue weighted by molar-refractivity contribution is 0.0773. The van der Waals surface area contributed by atoms with Gasteiger partial charge in [-0.05, 0) is 48.2 Å². The number of nitrogens with zero attached hydrogens (tertiary/aromatic N) is 2. The molecule has 0 saturated carbocycles. The fraction of sp³-hybridized carbons (Fsp3) is 0.350. The van der Waals surface area contributed by atoms with Gasteiger partial charge in [0.1, 0.15) is 0 Å². The number of fused-ring (bicyclic) bond motifs is 1. The second-order valence-electron chi connectivity index (χ2n) is 6.69. The number of carbonyl (C=O) groups excluding carboxylic acids is 1. The SMILES string of the molecule is O=C(c1ccc(Br)cc1)N1CCC(N2CCc3ccccc3C2)C1. The molecule has 24 heavy (non-hydrogen) atoms. The molecule has 124 valence electrons. The molecule has 0 spiro atoms. The Kier molecular flexibility index (Phi) is 4.42.